The average Bonchev–Trinajstić information content (AvgIpc) is 2.32. The molecule has 0 aromatic rings. The van der Waals surface area contributed by atoms with Crippen LogP contribution in [-0.2, 0) is 19.2 Å². The summed E-state index contributed by atoms with van der Waals surface area (Å²) in [5, 5.41) is 21.2. The lowest BCUT2D eigenvalue weighted by Gasteiger charge is -2.16. The smallest absolute Gasteiger partial charge is 0.322 e. The first-order valence-electron chi connectivity index (χ1n) is 5.16. The molecule has 0 aliphatic rings. The largest absolute Gasteiger partial charge is 0.480 e. The van der Waals surface area contributed by atoms with Gasteiger partial charge in [0.1, 0.15) is 18.6 Å². The molecular weight excluding hydrogens is 278 g/mol. The van der Waals surface area contributed by atoms with Crippen molar-refractivity contribution >= 4 is 36.4 Å². The summed E-state index contributed by atoms with van der Waals surface area (Å²) in [7, 11) is 0. The Morgan fingerprint density at radius 2 is 1.79 bits per heavy atom. The van der Waals surface area contributed by atoms with Gasteiger partial charge in [-0.2, -0.15) is 12.6 Å². The Labute approximate surface area is 113 Å². The van der Waals surface area contributed by atoms with E-state index in [4.69, 9.17) is 15.9 Å². The van der Waals surface area contributed by atoms with E-state index >= 15 is 0 Å². The lowest BCUT2D eigenvalue weighted by atomic mass is 10.2. The third kappa shape index (κ3) is 7.26. The number of aliphatic carboxylic acids is 2. The maximum Gasteiger partial charge on any atom is 0.322 e. The van der Waals surface area contributed by atoms with Gasteiger partial charge < -0.3 is 26.6 Å². The summed E-state index contributed by atoms with van der Waals surface area (Å²) in [6.07, 6.45) is -0.494. The number of hydrogen-bond acceptors (Lipinski definition) is 6. The third-order valence-electron chi connectivity index (χ3n) is 1.97. The molecule has 108 valence electrons. The van der Waals surface area contributed by atoms with E-state index in [2.05, 4.69) is 23.3 Å². The molecular formula is C9H15N3O6S. The Morgan fingerprint density at radius 3 is 2.21 bits per heavy atom. The van der Waals surface area contributed by atoms with E-state index in [0.29, 0.717) is 0 Å². The Morgan fingerprint density at radius 1 is 1.21 bits per heavy atom. The Hall–Kier alpha value is -1.81. The fourth-order valence-corrected chi connectivity index (χ4v) is 1.28. The molecule has 0 aliphatic carbocycles. The second-order valence-corrected chi connectivity index (χ2v) is 3.93. The van der Waals surface area contributed by atoms with Gasteiger partial charge in [-0.3, -0.25) is 19.2 Å². The molecule has 6 N–H and O–H groups in total. The maximum atomic E-state index is 11.4. The number of nitrogens with two attached hydrogens (primary N) is 1. The quantitative estimate of drug-likeness (QED) is 0.268. The van der Waals surface area contributed by atoms with Gasteiger partial charge in [-0.1, -0.05) is 0 Å². The fraction of sp³-hybridized carbons (Fsp3) is 0.556. The third-order valence-corrected chi connectivity index (χ3v) is 2.34. The molecule has 0 bridgehead atoms. The van der Waals surface area contributed by atoms with Crippen LogP contribution < -0.4 is 16.4 Å². The lowest BCUT2D eigenvalue weighted by molar-refractivity contribution is -0.141. The van der Waals surface area contributed by atoms with Crippen molar-refractivity contribution in [1.82, 2.24) is 10.6 Å². The summed E-state index contributed by atoms with van der Waals surface area (Å²) in [6, 6.07) is -2.43. The minimum Gasteiger partial charge on any atom is -0.480 e. The number of amides is 2. The summed E-state index contributed by atoms with van der Waals surface area (Å²) in [5.74, 6) is -4.10. The molecule has 0 radical (unpaired) electrons. The average molecular weight is 293 g/mol. The number of rotatable bonds is 8. The molecule has 10 heteroatoms. The fourth-order valence-electron chi connectivity index (χ4n) is 1.02. The number of carbonyl (C=O) groups is 4. The zero-order valence-corrected chi connectivity index (χ0v) is 10.7. The molecule has 2 atom stereocenters. The van der Waals surface area contributed by atoms with Crippen LogP contribution in [0.4, 0.5) is 0 Å². The summed E-state index contributed by atoms with van der Waals surface area (Å²) in [6.45, 7) is -0.590. The zero-order chi connectivity index (χ0) is 15.0. The Balaban J connectivity index is 4.31. The van der Waals surface area contributed by atoms with Crippen molar-refractivity contribution in [2.75, 3.05) is 12.3 Å². The van der Waals surface area contributed by atoms with E-state index in [0.717, 1.165) is 0 Å². The number of carboxylic acids is 2. The molecule has 0 spiro atoms. The van der Waals surface area contributed by atoms with Gasteiger partial charge in [-0.15, -0.1) is 0 Å². The van der Waals surface area contributed by atoms with E-state index in [9.17, 15) is 19.2 Å². The van der Waals surface area contributed by atoms with Gasteiger partial charge in [0.25, 0.3) is 0 Å². The van der Waals surface area contributed by atoms with Crippen molar-refractivity contribution in [3.05, 3.63) is 0 Å². The van der Waals surface area contributed by atoms with Crippen molar-refractivity contribution in [3.8, 4) is 0 Å². The predicted octanol–water partition coefficient (Wildman–Crippen LogP) is -2.60. The normalized spacial score (nSPS) is 13.2. The minimum atomic E-state index is -1.37. The van der Waals surface area contributed by atoms with Crippen molar-refractivity contribution in [1.29, 1.82) is 0 Å². The van der Waals surface area contributed by atoms with Crippen molar-refractivity contribution in [2.24, 2.45) is 5.73 Å². The van der Waals surface area contributed by atoms with Gasteiger partial charge >= 0.3 is 11.9 Å². The van der Waals surface area contributed by atoms with Crippen molar-refractivity contribution in [2.45, 2.75) is 18.5 Å². The highest BCUT2D eigenvalue weighted by Gasteiger charge is 2.22. The second-order valence-electron chi connectivity index (χ2n) is 3.56. The molecule has 9 nitrogen and oxygen atoms in total. The van der Waals surface area contributed by atoms with Gasteiger partial charge in [0, 0.05) is 5.75 Å². The van der Waals surface area contributed by atoms with E-state index in [-0.39, 0.29) is 5.75 Å². The summed E-state index contributed by atoms with van der Waals surface area (Å²) in [5.41, 5.74) is 5.15. The molecule has 0 aromatic heterocycles. The van der Waals surface area contributed by atoms with Gasteiger partial charge in [0.05, 0.1) is 6.42 Å². The predicted molar refractivity (Wildman–Crippen MR) is 66.7 cm³/mol. The molecule has 0 fully saturated rings. The van der Waals surface area contributed by atoms with Gasteiger partial charge in [-0.05, 0) is 0 Å². The number of carbonyl (C=O) groups excluding carboxylic acids is 2. The molecule has 0 saturated carbocycles. The number of hydrogen-bond donors (Lipinski definition) is 6. The van der Waals surface area contributed by atoms with E-state index < -0.39 is 48.8 Å². The highest BCUT2D eigenvalue weighted by molar-refractivity contribution is 7.80. The van der Waals surface area contributed by atoms with Crippen LogP contribution in [0.5, 0.6) is 0 Å². The van der Waals surface area contributed by atoms with Crippen LogP contribution in [0.25, 0.3) is 0 Å². The Bertz CT molecular complexity index is 375. The standard InChI is InChI=1S/C9H15N3O6S/c10-4(9(17)18)1-6(13)12-5(3-19)8(16)11-2-7(14)15/h4-5,19H,1-3,10H2,(H,11,16)(H,12,13)(H,14,15)(H,17,18)/t4-,5-/m0/s1. The van der Waals surface area contributed by atoms with Crippen molar-refractivity contribution < 1.29 is 29.4 Å². The Kier molecular flexibility index (Phi) is 7.53. The highest BCUT2D eigenvalue weighted by atomic mass is 32.1. The summed E-state index contributed by atoms with van der Waals surface area (Å²) < 4.78 is 0. The summed E-state index contributed by atoms with van der Waals surface area (Å²) >= 11 is 3.83. The van der Waals surface area contributed by atoms with Crippen LogP contribution in [0.3, 0.4) is 0 Å². The topological polar surface area (TPSA) is 159 Å². The first kappa shape index (κ1) is 17.2. The van der Waals surface area contributed by atoms with Gasteiger partial charge in [-0.25, -0.2) is 0 Å². The van der Waals surface area contributed by atoms with Crippen LogP contribution in [0.2, 0.25) is 0 Å². The number of carboxylic acid groups (broad SMARTS) is 2. The van der Waals surface area contributed by atoms with E-state index in [1.165, 1.54) is 0 Å². The molecule has 0 aromatic carbocycles. The highest BCUT2D eigenvalue weighted by Crippen LogP contribution is 1.93. The molecule has 0 saturated heterocycles. The van der Waals surface area contributed by atoms with Crippen LogP contribution in [0.1, 0.15) is 6.42 Å². The first-order chi connectivity index (χ1) is 8.77. The number of nitrogens with one attached hydrogen (secondary N) is 2. The molecule has 0 unspecified atom stereocenters. The lowest BCUT2D eigenvalue weighted by Crippen LogP contribution is -2.50. The van der Waals surface area contributed by atoms with Gasteiger partial charge in [0.15, 0.2) is 0 Å². The van der Waals surface area contributed by atoms with Gasteiger partial charge in [0.2, 0.25) is 11.8 Å². The minimum absolute atomic E-state index is 0.0699. The molecule has 0 heterocycles. The molecule has 0 aliphatic heterocycles. The molecule has 2 amide bonds. The van der Waals surface area contributed by atoms with E-state index in [1.807, 2.05) is 0 Å². The van der Waals surface area contributed by atoms with Crippen LogP contribution in [0, 0.1) is 0 Å². The molecule has 0 rings (SSSR count). The van der Waals surface area contributed by atoms with Crippen LogP contribution in [-0.4, -0.2) is 58.3 Å². The van der Waals surface area contributed by atoms with E-state index in [1.54, 1.807) is 0 Å². The molecule has 19 heavy (non-hydrogen) atoms. The first-order valence-corrected chi connectivity index (χ1v) is 5.79. The monoisotopic (exact) mass is 293 g/mol. The summed E-state index contributed by atoms with van der Waals surface area (Å²) in [4.78, 5) is 43.5. The SMILES string of the molecule is N[C@@H](CC(=O)N[C@@H](CS)C(=O)NCC(=O)O)C(=O)O. The van der Waals surface area contributed by atoms with Crippen molar-refractivity contribution in [3.63, 3.8) is 0 Å². The number of thiol groups is 1. The maximum absolute atomic E-state index is 11.4. The second kappa shape index (κ2) is 8.32. The zero-order valence-electron chi connectivity index (χ0n) is 9.83. The van der Waals surface area contributed by atoms with Crippen LogP contribution in [0.15, 0.2) is 0 Å². The van der Waals surface area contributed by atoms with Crippen LogP contribution >= 0.6 is 12.6 Å².